The monoisotopic (exact) mass is 250 g/mol. The van der Waals surface area contributed by atoms with Crippen molar-refractivity contribution in [2.45, 2.75) is 11.3 Å². The Kier molecular flexibility index (Phi) is 5.49. The largest absolute Gasteiger partial charge is 0.469 e. The third kappa shape index (κ3) is 4.87. The molecule has 0 aliphatic carbocycles. The van der Waals surface area contributed by atoms with Crippen LogP contribution in [0.1, 0.15) is 12.0 Å². The quantitative estimate of drug-likeness (QED) is 0.348. The fourth-order valence-electron chi connectivity index (χ4n) is 1.18. The SMILES string of the molecule is COC(=O)CC(=O)C=Cc1ccc(SC)cc1. The lowest BCUT2D eigenvalue weighted by atomic mass is 10.2. The van der Waals surface area contributed by atoms with Gasteiger partial charge in [0.25, 0.3) is 0 Å². The molecule has 0 aliphatic rings. The van der Waals surface area contributed by atoms with E-state index in [1.165, 1.54) is 18.1 Å². The summed E-state index contributed by atoms with van der Waals surface area (Å²) in [6.45, 7) is 0. The summed E-state index contributed by atoms with van der Waals surface area (Å²) < 4.78 is 4.41. The molecule has 3 nitrogen and oxygen atoms in total. The summed E-state index contributed by atoms with van der Waals surface area (Å²) in [6, 6.07) is 7.81. The van der Waals surface area contributed by atoms with Crippen LogP contribution in [0.2, 0.25) is 0 Å². The van der Waals surface area contributed by atoms with Gasteiger partial charge in [0.05, 0.1) is 7.11 Å². The molecule has 17 heavy (non-hydrogen) atoms. The van der Waals surface area contributed by atoms with Crippen LogP contribution in [-0.2, 0) is 14.3 Å². The Bertz CT molecular complexity index is 421. The maximum absolute atomic E-state index is 11.3. The van der Waals surface area contributed by atoms with Crippen molar-refractivity contribution in [1.29, 1.82) is 0 Å². The molecule has 0 aromatic heterocycles. The molecule has 90 valence electrons. The number of benzene rings is 1. The molecule has 1 aromatic carbocycles. The van der Waals surface area contributed by atoms with Crippen LogP contribution in [0.5, 0.6) is 0 Å². The van der Waals surface area contributed by atoms with Crippen LogP contribution in [0.3, 0.4) is 0 Å². The Labute approximate surface area is 105 Å². The van der Waals surface area contributed by atoms with Crippen molar-refractivity contribution in [3.63, 3.8) is 0 Å². The number of carbonyl (C=O) groups is 2. The second kappa shape index (κ2) is 6.91. The zero-order valence-electron chi connectivity index (χ0n) is 9.80. The van der Waals surface area contributed by atoms with Crippen molar-refractivity contribution in [3.05, 3.63) is 35.9 Å². The van der Waals surface area contributed by atoms with E-state index < -0.39 is 5.97 Å². The van der Waals surface area contributed by atoms with E-state index in [2.05, 4.69) is 4.74 Å². The van der Waals surface area contributed by atoms with E-state index >= 15 is 0 Å². The van der Waals surface area contributed by atoms with E-state index in [-0.39, 0.29) is 12.2 Å². The second-order valence-corrected chi connectivity index (χ2v) is 4.21. The Morgan fingerprint density at radius 3 is 2.47 bits per heavy atom. The van der Waals surface area contributed by atoms with E-state index in [9.17, 15) is 9.59 Å². The molecule has 1 aromatic rings. The molecule has 0 saturated heterocycles. The maximum Gasteiger partial charge on any atom is 0.313 e. The van der Waals surface area contributed by atoms with Crippen molar-refractivity contribution in [2.75, 3.05) is 13.4 Å². The number of thioether (sulfide) groups is 1. The molecule has 0 fully saturated rings. The highest BCUT2D eigenvalue weighted by Gasteiger charge is 2.05. The van der Waals surface area contributed by atoms with Crippen molar-refractivity contribution in [1.82, 2.24) is 0 Å². The molecule has 0 saturated carbocycles. The average molecular weight is 250 g/mol. The van der Waals surface area contributed by atoms with Crippen molar-refractivity contribution < 1.29 is 14.3 Å². The molecule has 0 radical (unpaired) electrons. The van der Waals surface area contributed by atoms with Crippen LogP contribution < -0.4 is 0 Å². The summed E-state index contributed by atoms with van der Waals surface area (Å²) in [5, 5.41) is 0. The number of methoxy groups -OCH3 is 1. The summed E-state index contributed by atoms with van der Waals surface area (Å²) in [5.41, 5.74) is 0.931. The molecule has 0 unspecified atom stereocenters. The van der Waals surface area contributed by atoms with Gasteiger partial charge in [-0.25, -0.2) is 0 Å². The van der Waals surface area contributed by atoms with Gasteiger partial charge in [-0.05, 0) is 30.0 Å². The predicted molar refractivity (Wildman–Crippen MR) is 68.9 cm³/mol. The summed E-state index contributed by atoms with van der Waals surface area (Å²) in [4.78, 5) is 23.3. The van der Waals surface area contributed by atoms with Crippen LogP contribution in [0, 0.1) is 0 Å². The Morgan fingerprint density at radius 1 is 1.29 bits per heavy atom. The molecular formula is C13H14O3S. The lowest BCUT2D eigenvalue weighted by Gasteiger charge is -1.97. The minimum Gasteiger partial charge on any atom is -0.469 e. The predicted octanol–water partition coefficient (Wildman–Crippen LogP) is 2.55. The fourth-order valence-corrected chi connectivity index (χ4v) is 1.59. The maximum atomic E-state index is 11.3. The lowest BCUT2D eigenvalue weighted by Crippen LogP contribution is -2.06. The number of hydrogen-bond donors (Lipinski definition) is 0. The number of allylic oxidation sites excluding steroid dienone is 1. The summed E-state index contributed by atoms with van der Waals surface area (Å²) in [7, 11) is 1.26. The van der Waals surface area contributed by atoms with Gasteiger partial charge in [-0.2, -0.15) is 0 Å². The molecule has 0 bridgehead atoms. The van der Waals surface area contributed by atoms with Gasteiger partial charge in [-0.15, -0.1) is 11.8 Å². The first-order valence-corrected chi connectivity index (χ1v) is 6.30. The van der Waals surface area contributed by atoms with Crippen LogP contribution in [-0.4, -0.2) is 25.1 Å². The number of esters is 1. The first-order chi connectivity index (χ1) is 8.15. The van der Waals surface area contributed by atoms with Crippen LogP contribution in [0.25, 0.3) is 6.08 Å². The van der Waals surface area contributed by atoms with Crippen LogP contribution in [0.15, 0.2) is 35.2 Å². The number of ketones is 1. The molecule has 0 N–H and O–H groups in total. The number of carbonyl (C=O) groups excluding carboxylic acids is 2. The smallest absolute Gasteiger partial charge is 0.313 e. The number of rotatable bonds is 5. The van der Waals surface area contributed by atoms with Gasteiger partial charge >= 0.3 is 5.97 Å². The van der Waals surface area contributed by atoms with Gasteiger partial charge in [0.15, 0.2) is 5.78 Å². The summed E-state index contributed by atoms with van der Waals surface area (Å²) >= 11 is 1.66. The first-order valence-electron chi connectivity index (χ1n) is 5.07. The number of ether oxygens (including phenoxy) is 1. The second-order valence-electron chi connectivity index (χ2n) is 3.33. The lowest BCUT2D eigenvalue weighted by molar-refractivity contribution is -0.142. The van der Waals surface area contributed by atoms with Crippen molar-refractivity contribution in [2.24, 2.45) is 0 Å². The minimum absolute atomic E-state index is 0.212. The van der Waals surface area contributed by atoms with Crippen LogP contribution >= 0.6 is 11.8 Å². The Balaban J connectivity index is 2.57. The Hall–Kier alpha value is -1.55. The third-order valence-electron chi connectivity index (χ3n) is 2.12. The third-order valence-corrected chi connectivity index (χ3v) is 2.87. The zero-order chi connectivity index (χ0) is 12.7. The molecule has 1 rings (SSSR count). The van der Waals surface area contributed by atoms with E-state index in [4.69, 9.17) is 0 Å². The highest BCUT2D eigenvalue weighted by molar-refractivity contribution is 7.98. The zero-order valence-corrected chi connectivity index (χ0v) is 10.6. The standard InChI is InChI=1S/C13H14O3S/c1-16-13(15)9-11(14)6-3-10-4-7-12(17-2)8-5-10/h3-8H,9H2,1-2H3. The topological polar surface area (TPSA) is 43.4 Å². The van der Waals surface area contributed by atoms with Gasteiger partial charge in [0.1, 0.15) is 6.42 Å². The van der Waals surface area contributed by atoms with Crippen molar-refractivity contribution in [3.8, 4) is 0 Å². The average Bonchev–Trinajstić information content (AvgIpc) is 2.36. The van der Waals surface area contributed by atoms with Gasteiger partial charge in [-0.1, -0.05) is 18.2 Å². The van der Waals surface area contributed by atoms with Crippen LogP contribution in [0.4, 0.5) is 0 Å². The normalized spacial score (nSPS) is 10.5. The van der Waals surface area contributed by atoms with Gasteiger partial charge in [-0.3, -0.25) is 9.59 Å². The van der Waals surface area contributed by atoms with E-state index in [1.807, 2.05) is 30.5 Å². The van der Waals surface area contributed by atoms with Gasteiger partial charge < -0.3 is 4.74 Å². The molecule has 0 spiro atoms. The number of hydrogen-bond acceptors (Lipinski definition) is 4. The molecular weight excluding hydrogens is 236 g/mol. The summed E-state index contributed by atoms with van der Waals surface area (Å²) in [5.74, 6) is -0.775. The highest BCUT2D eigenvalue weighted by Crippen LogP contribution is 2.15. The summed E-state index contributed by atoms with van der Waals surface area (Å²) in [6.07, 6.45) is 4.88. The Morgan fingerprint density at radius 2 is 1.94 bits per heavy atom. The van der Waals surface area contributed by atoms with Gasteiger partial charge in [0, 0.05) is 4.90 Å². The van der Waals surface area contributed by atoms with E-state index in [1.54, 1.807) is 17.8 Å². The first kappa shape index (κ1) is 13.5. The molecule has 0 amide bonds. The fraction of sp³-hybridized carbons (Fsp3) is 0.231. The molecule has 0 heterocycles. The minimum atomic E-state index is -0.516. The highest BCUT2D eigenvalue weighted by atomic mass is 32.2. The van der Waals surface area contributed by atoms with Gasteiger partial charge in [0.2, 0.25) is 0 Å². The molecule has 0 aliphatic heterocycles. The molecule has 4 heteroatoms. The van der Waals surface area contributed by atoms with Crippen molar-refractivity contribution >= 4 is 29.6 Å². The van der Waals surface area contributed by atoms with E-state index in [0.29, 0.717) is 0 Å². The molecule has 0 atom stereocenters. The van der Waals surface area contributed by atoms with E-state index in [0.717, 1.165) is 5.56 Å².